The summed E-state index contributed by atoms with van der Waals surface area (Å²) in [4.78, 5) is 12.0. The molecule has 2 rings (SSSR count). The Balaban J connectivity index is 2.23. The summed E-state index contributed by atoms with van der Waals surface area (Å²) in [5, 5.41) is 3.24. The van der Waals surface area contributed by atoms with Crippen molar-refractivity contribution in [3.63, 3.8) is 0 Å². The van der Waals surface area contributed by atoms with Gasteiger partial charge in [-0.25, -0.2) is 4.39 Å². The topological polar surface area (TPSA) is 29.1 Å². The zero-order chi connectivity index (χ0) is 14.0. The minimum Gasteiger partial charge on any atom is -0.321 e. The number of hydrogen-bond donors (Lipinski definition) is 1. The summed E-state index contributed by atoms with van der Waals surface area (Å²) in [7, 11) is 0. The smallest absolute Gasteiger partial charge is 0.255 e. The summed E-state index contributed by atoms with van der Waals surface area (Å²) < 4.78 is 13.7. The predicted octanol–water partition coefficient (Wildman–Crippen LogP) is 4.99. The van der Waals surface area contributed by atoms with Crippen molar-refractivity contribution in [3.8, 4) is 0 Å². The first-order valence-electron chi connectivity index (χ1n) is 5.19. The van der Waals surface area contributed by atoms with Gasteiger partial charge in [-0.1, -0.05) is 23.2 Å². The minimum absolute atomic E-state index is 0.143. The van der Waals surface area contributed by atoms with Gasteiger partial charge < -0.3 is 5.32 Å². The highest BCUT2D eigenvalue weighted by Gasteiger charge is 2.10. The van der Waals surface area contributed by atoms with E-state index in [-0.39, 0.29) is 10.9 Å². The molecule has 19 heavy (non-hydrogen) atoms. The van der Waals surface area contributed by atoms with Crippen LogP contribution in [0.15, 0.2) is 36.4 Å². The van der Waals surface area contributed by atoms with E-state index >= 15 is 0 Å². The van der Waals surface area contributed by atoms with Gasteiger partial charge in [-0.2, -0.15) is 0 Å². The predicted molar refractivity (Wildman–Crippen MR) is 83.5 cm³/mol. The van der Waals surface area contributed by atoms with Gasteiger partial charge in [0.1, 0.15) is 5.82 Å². The Labute approximate surface area is 133 Å². The Bertz CT molecular complexity index is 649. The summed E-state index contributed by atoms with van der Waals surface area (Å²) in [6.45, 7) is 0. The van der Waals surface area contributed by atoms with E-state index in [1.54, 1.807) is 18.2 Å². The molecular weight excluding hydrogens is 403 g/mol. The van der Waals surface area contributed by atoms with Gasteiger partial charge in [0, 0.05) is 9.13 Å². The standard InChI is InChI=1S/C13H7Cl2FINO/c14-9-5-7(1-3-11(9)17)13(19)18-12-4-2-8(16)6-10(12)15/h1-6H,(H,18,19). The molecule has 0 heterocycles. The van der Waals surface area contributed by atoms with E-state index in [1.165, 1.54) is 12.1 Å². The van der Waals surface area contributed by atoms with E-state index in [0.717, 1.165) is 9.64 Å². The summed E-state index contributed by atoms with van der Waals surface area (Å²) >= 11 is 13.9. The molecule has 0 aliphatic heterocycles. The van der Waals surface area contributed by atoms with Gasteiger partial charge in [0.15, 0.2) is 0 Å². The molecule has 2 nitrogen and oxygen atoms in total. The van der Waals surface area contributed by atoms with E-state index in [0.29, 0.717) is 16.3 Å². The molecule has 0 bridgehead atoms. The highest BCUT2D eigenvalue weighted by atomic mass is 127. The number of benzene rings is 2. The van der Waals surface area contributed by atoms with Crippen molar-refractivity contribution in [1.29, 1.82) is 0 Å². The van der Waals surface area contributed by atoms with E-state index < -0.39 is 5.82 Å². The number of carbonyl (C=O) groups is 1. The van der Waals surface area contributed by atoms with Crippen LogP contribution in [0.3, 0.4) is 0 Å². The molecule has 6 heteroatoms. The fourth-order valence-electron chi connectivity index (χ4n) is 1.42. The molecule has 0 aliphatic carbocycles. The van der Waals surface area contributed by atoms with Crippen LogP contribution in [0, 0.1) is 9.39 Å². The second kappa shape index (κ2) is 6.07. The first-order chi connectivity index (χ1) is 8.97. The van der Waals surface area contributed by atoms with Crippen molar-refractivity contribution in [2.45, 2.75) is 0 Å². The van der Waals surface area contributed by atoms with Crippen molar-refractivity contribution >= 4 is 57.4 Å². The molecule has 98 valence electrons. The Morgan fingerprint density at radius 3 is 2.47 bits per heavy atom. The van der Waals surface area contributed by atoms with Crippen LogP contribution in [0.1, 0.15) is 10.4 Å². The molecule has 0 fully saturated rings. The quantitative estimate of drug-likeness (QED) is 0.695. The summed E-state index contributed by atoms with van der Waals surface area (Å²) in [6.07, 6.45) is 0. The Hall–Kier alpha value is -0.850. The number of hydrogen-bond acceptors (Lipinski definition) is 1. The van der Waals surface area contributed by atoms with Crippen molar-refractivity contribution in [1.82, 2.24) is 0 Å². The molecule has 0 aromatic heterocycles. The fraction of sp³-hybridized carbons (Fsp3) is 0. The summed E-state index contributed by atoms with van der Waals surface area (Å²) in [6, 6.07) is 8.73. The van der Waals surface area contributed by atoms with Crippen LogP contribution in [0.25, 0.3) is 0 Å². The lowest BCUT2D eigenvalue weighted by Crippen LogP contribution is -2.12. The lowest BCUT2D eigenvalue weighted by Gasteiger charge is -2.08. The molecule has 0 spiro atoms. The number of amides is 1. The van der Waals surface area contributed by atoms with Gasteiger partial charge in [0.2, 0.25) is 0 Å². The Morgan fingerprint density at radius 2 is 1.84 bits per heavy atom. The van der Waals surface area contributed by atoms with Gasteiger partial charge in [-0.05, 0) is 59.0 Å². The second-order valence-electron chi connectivity index (χ2n) is 3.71. The SMILES string of the molecule is O=C(Nc1ccc(F)cc1Cl)c1ccc(I)c(Cl)c1. The number of nitrogens with one attached hydrogen (secondary N) is 1. The monoisotopic (exact) mass is 409 g/mol. The van der Waals surface area contributed by atoms with Gasteiger partial charge in [0.25, 0.3) is 5.91 Å². The highest BCUT2D eigenvalue weighted by Crippen LogP contribution is 2.24. The van der Waals surface area contributed by atoms with Crippen molar-refractivity contribution < 1.29 is 9.18 Å². The molecule has 1 amide bonds. The number of rotatable bonds is 2. The maximum Gasteiger partial charge on any atom is 0.255 e. The third kappa shape index (κ3) is 3.58. The van der Waals surface area contributed by atoms with Crippen LogP contribution in [0.2, 0.25) is 10.0 Å². The average Bonchev–Trinajstić information content (AvgIpc) is 2.36. The third-order valence-corrected chi connectivity index (χ3v) is 4.25. The Morgan fingerprint density at radius 1 is 1.11 bits per heavy atom. The van der Waals surface area contributed by atoms with Gasteiger partial charge in [-0.3, -0.25) is 4.79 Å². The first-order valence-corrected chi connectivity index (χ1v) is 7.02. The lowest BCUT2D eigenvalue weighted by atomic mass is 10.2. The van der Waals surface area contributed by atoms with Crippen LogP contribution in [0.5, 0.6) is 0 Å². The molecule has 0 atom stereocenters. The maximum absolute atomic E-state index is 12.9. The minimum atomic E-state index is -0.458. The van der Waals surface area contributed by atoms with E-state index in [1.807, 2.05) is 0 Å². The summed E-state index contributed by atoms with van der Waals surface area (Å²) in [5.74, 6) is -0.813. The molecule has 0 unspecified atom stereocenters. The fourth-order valence-corrected chi connectivity index (χ4v) is 2.15. The molecule has 2 aromatic carbocycles. The van der Waals surface area contributed by atoms with Gasteiger partial charge >= 0.3 is 0 Å². The Kier molecular flexibility index (Phi) is 4.65. The second-order valence-corrected chi connectivity index (χ2v) is 5.68. The number of carbonyl (C=O) groups excluding carboxylic acids is 1. The molecule has 2 aromatic rings. The maximum atomic E-state index is 12.9. The molecule has 0 radical (unpaired) electrons. The lowest BCUT2D eigenvalue weighted by molar-refractivity contribution is 0.102. The normalized spacial score (nSPS) is 10.3. The third-order valence-electron chi connectivity index (χ3n) is 2.36. The molecule has 0 saturated heterocycles. The van der Waals surface area contributed by atoms with Crippen molar-refractivity contribution in [2.24, 2.45) is 0 Å². The first kappa shape index (κ1) is 14.6. The van der Waals surface area contributed by atoms with Gasteiger partial charge in [0.05, 0.1) is 15.7 Å². The largest absolute Gasteiger partial charge is 0.321 e. The molecule has 0 aliphatic rings. The number of halogens is 4. The van der Waals surface area contributed by atoms with Crippen LogP contribution < -0.4 is 5.32 Å². The van der Waals surface area contributed by atoms with E-state index in [2.05, 4.69) is 27.9 Å². The van der Waals surface area contributed by atoms with E-state index in [9.17, 15) is 9.18 Å². The van der Waals surface area contributed by atoms with Crippen molar-refractivity contribution in [3.05, 3.63) is 61.4 Å². The van der Waals surface area contributed by atoms with Crippen LogP contribution in [-0.2, 0) is 0 Å². The highest BCUT2D eigenvalue weighted by molar-refractivity contribution is 14.1. The van der Waals surface area contributed by atoms with Gasteiger partial charge in [-0.15, -0.1) is 0 Å². The van der Waals surface area contributed by atoms with Crippen LogP contribution >= 0.6 is 45.8 Å². The molecule has 0 saturated carbocycles. The van der Waals surface area contributed by atoms with Crippen LogP contribution in [-0.4, -0.2) is 5.91 Å². The van der Waals surface area contributed by atoms with Crippen LogP contribution in [0.4, 0.5) is 10.1 Å². The molecule has 1 N–H and O–H groups in total. The summed E-state index contributed by atoms with van der Waals surface area (Å²) in [5.41, 5.74) is 0.758. The van der Waals surface area contributed by atoms with Crippen molar-refractivity contribution in [2.75, 3.05) is 5.32 Å². The average molecular weight is 410 g/mol. The number of anilines is 1. The zero-order valence-corrected chi connectivity index (χ0v) is 13.1. The molecular formula is C13H7Cl2FINO. The zero-order valence-electron chi connectivity index (χ0n) is 9.38. The van der Waals surface area contributed by atoms with E-state index in [4.69, 9.17) is 23.2 Å².